The zero-order chi connectivity index (χ0) is 13.9. The Labute approximate surface area is 123 Å². The first-order valence-corrected chi connectivity index (χ1v) is 8.19. The lowest BCUT2D eigenvalue weighted by molar-refractivity contribution is 0.0363. The molecule has 2 saturated heterocycles. The van der Waals surface area contributed by atoms with Crippen LogP contribution in [0.15, 0.2) is 18.2 Å². The fourth-order valence-corrected chi connectivity index (χ4v) is 3.99. The van der Waals surface area contributed by atoms with Crippen LogP contribution < -0.4 is 4.74 Å². The van der Waals surface area contributed by atoms with Crippen molar-refractivity contribution in [1.82, 2.24) is 4.90 Å². The van der Waals surface area contributed by atoms with Gasteiger partial charge in [0.1, 0.15) is 5.75 Å². The van der Waals surface area contributed by atoms with Gasteiger partial charge in [-0.25, -0.2) is 0 Å². The monoisotopic (exact) mass is 273 g/mol. The van der Waals surface area contributed by atoms with E-state index in [1.54, 1.807) is 0 Å². The normalized spacial score (nSPS) is 27.1. The number of fused-ring (bicyclic) bond motifs is 1. The van der Waals surface area contributed by atoms with Crippen molar-refractivity contribution in [2.45, 2.75) is 52.0 Å². The van der Waals surface area contributed by atoms with E-state index in [4.69, 9.17) is 4.74 Å². The average Bonchev–Trinajstić information content (AvgIpc) is 2.47. The van der Waals surface area contributed by atoms with Crippen molar-refractivity contribution in [1.29, 1.82) is 0 Å². The minimum atomic E-state index is 0.725. The van der Waals surface area contributed by atoms with Crippen LogP contribution in [0.4, 0.5) is 0 Å². The Hall–Kier alpha value is -1.02. The molecule has 0 aliphatic carbocycles. The maximum Gasteiger partial charge on any atom is 0.125 e. The molecule has 0 saturated carbocycles. The first kappa shape index (κ1) is 13.9. The minimum absolute atomic E-state index is 0.725. The molecule has 0 unspecified atom stereocenters. The number of rotatable bonds is 3. The summed E-state index contributed by atoms with van der Waals surface area (Å²) in [6.45, 7) is 7.81. The third-order valence-electron chi connectivity index (χ3n) is 5.08. The van der Waals surface area contributed by atoms with Crippen LogP contribution >= 0.6 is 0 Å². The zero-order valence-electron chi connectivity index (χ0n) is 12.9. The van der Waals surface area contributed by atoms with E-state index in [1.165, 1.54) is 56.3 Å². The molecule has 2 atom stereocenters. The minimum Gasteiger partial charge on any atom is -0.493 e. The van der Waals surface area contributed by atoms with E-state index >= 15 is 0 Å². The number of hydrogen-bond donors (Lipinski definition) is 0. The van der Waals surface area contributed by atoms with Gasteiger partial charge in [0.15, 0.2) is 0 Å². The van der Waals surface area contributed by atoms with E-state index in [-0.39, 0.29) is 0 Å². The highest BCUT2D eigenvalue weighted by atomic mass is 16.5. The summed E-state index contributed by atoms with van der Waals surface area (Å²) in [4.78, 5) is 2.71. The van der Waals surface area contributed by atoms with Crippen LogP contribution in [0.2, 0.25) is 0 Å². The van der Waals surface area contributed by atoms with Crippen LogP contribution in [-0.4, -0.2) is 30.6 Å². The summed E-state index contributed by atoms with van der Waals surface area (Å²) in [5.41, 5.74) is 2.53. The molecular weight excluding hydrogens is 246 g/mol. The van der Waals surface area contributed by atoms with Crippen LogP contribution in [0, 0.1) is 19.8 Å². The lowest BCUT2D eigenvalue weighted by Crippen LogP contribution is -2.49. The summed E-state index contributed by atoms with van der Waals surface area (Å²) in [6, 6.07) is 7.19. The summed E-state index contributed by atoms with van der Waals surface area (Å²) in [6.07, 6.45) is 6.85. The predicted molar refractivity (Wildman–Crippen MR) is 83.3 cm³/mol. The second-order valence-corrected chi connectivity index (χ2v) is 6.53. The van der Waals surface area contributed by atoms with Gasteiger partial charge in [0.05, 0.1) is 6.61 Å². The molecule has 2 aliphatic heterocycles. The van der Waals surface area contributed by atoms with Crippen molar-refractivity contribution in [3.63, 3.8) is 0 Å². The fourth-order valence-electron chi connectivity index (χ4n) is 3.99. The zero-order valence-corrected chi connectivity index (χ0v) is 12.9. The average molecular weight is 273 g/mol. The molecule has 1 aromatic carbocycles. The van der Waals surface area contributed by atoms with Crippen LogP contribution in [0.3, 0.4) is 0 Å². The molecule has 20 heavy (non-hydrogen) atoms. The van der Waals surface area contributed by atoms with E-state index < -0.39 is 0 Å². The maximum atomic E-state index is 6.23. The molecule has 2 heteroatoms. The second-order valence-electron chi connectivity index (χ2n) is 6.53. The molecule has 2 heterocycles. The van der Waals surface area contributed by atoms with Crippen molar-refractivity contribution >= 4 is 0 Å². The first-order valence-electron chi connectivity index (χ1n) is 8.19. The summed E-state index contributed by atoms with van der Waals surface area (Å²) >= 11 is 0. The molecule has 0 aromatic heterocycles. The number of nitrogens with zero attached hydrogens (tertiary/aromatic N) is 1. The molecule has 0 bridgehead atoms. The predicted octanol–water partition coefficient (Wildman–Crippen LogP) is 3.95. The summed E-state index contributed by atoms with van der Waals surface area (Å²) in [5.74, 6) is 1.84. The standard InChI is InChI=1S/C18H27NO/c1-14-7-5-8-15(2)18(14)20-13-16-9-6-12-19-11-4-3-10-17(16)19/h5,7-8,16-17H,3-4,6,9-13H2,1-2H3/t16-,17+/m0/s1. The number of piperidine rings is 2. The lowest BCUT2D eigenvalue weighted by Gasteiger charge is -2.44. The molecule has 0 spiro atoms. The van der Waals surface area contributed by atoms with Gasteiger partial charge in [0.2, 0.25) is 0 Å². The Bertz CT molecular complexity index is 434. The third kappa shape index (κ3) is 2.85. The number of para-hydroxylation sites is 1. The summed E-state index contributed by atoms with van der Waals surface area (Å²) < 4.78 is 6.23. The number of hydrogen-bond acceptors (Lipinski definition) is 2. The van der Waals surface area contributed by atoms with Crippen LogP contribution in [0.1, 0.15) is 43.2 Å². The highest BCUT2D eigenvalue weighted by Crippen LogP contribution is 2.32. The van der Waals surface area contributed by atoms with Gasteiger partial charge in [0, 0.05) is 12.0 Å². The van der Waals surface area contributed by atoms with Crippen molar-refractivity contribution in [2.24, 2.45) is 5.92 Å². The lowest BCUT2D eigenvalue weighted by atomic mass is 9.84. The van der Waals surface area contributed by atoms with Crippen molar-refractivity contribution < 1.29 is 4.74 Å². The summed E-state index contributed by atoms with van der Waals surface area (Å²) in [7, 11) is 0. The molecule has 110 valence electrons. The SMILES string of the molecule is Cc1cccc(C)c1OC[C@@H]1CCCN2CCCC[C@H]12. The van der Waals surface area contributed by atoms with Gasteiger partial charge >= 0.3 is 0 Å². The van der Waals surface area contributed by atoms with Gasteiger partial charge in [0.25, 0.3) is 0 Å². The van der Waals surface area contributed by atoms with Crippen LogP contribution in [0.5, 0.6) is 5.75 Å². The molecule has 2 nitrogen and oxygen atoms in total. The molecule has 0 N–H and O–H groups in total. The van der Waals surface area contributed by atoms with Crippen LogP contribution in [-0.2, 0) is 0 Å². The molecule has 2 fully saturated rings. The number of aryl methyl sites for hydroxylation is 2. The topological polar surface area (TPSA) is 12.5 Å². The molecular formula is C18H27NO. The Kier molecular flexibility index (Phi) is 4.30. The van der Waals surface area contributed by atoms with Crippen molar-refractivity contribution in [3.8, 4) is 5.75 Å². The molecule has 0 amide bonds. The Balaban J connectivity index is 1.65. The van der Waals surface area contributed by atoms with E-state index in [9.17, 15) is 0 Å². The van der Waals surface area contributed by atoms with E-state index in [2.05, 4.69) is 36.9 Å². The second kappa shape index (κ2) is 6.17. The molecule has 2 aliphatic rings. The molecule has 1 aromatic rings. The van der Waals surface area contributed by atoms with Gasteiger partial charge < -0.3 is 4.74 Å². The molecule has 0 radical (unpaired) electrons. The fraction of sp³-hybridized carbons (Fsp3) is 0.667. The smallest absolute Gasteiger partial charge is 0.125 e. The van der Waals surface area contributed by atoms with Gasteiger partial charge in [-0.3, -0.25) is 4.90 Å². The molecule has 3 rings (SSSR count). The van der Waals surface area contributed by atoms with E-state index in [0.29, 0.717) is 0 Å². The Morgan fingerprint density at radius 3 is 2.60 bits per heavy atom. The Morgan fingerprint density at radius 1 is 1.05 bits per heavy atom. The largest absolute Gasteiger partial charge is 0.493 e. The van der Waals surface area contributed by atoms with Crippen LogP contribution in [0.25, 0.3) is 0 Å². The maximum absolute atomic E-state index is 6.23. The van der Waals surface area contributed by atoms with Gasteiger partial charge in [-0.05, 0) is 63.7 Å². The summed E-state index contributed by atoms with van der Waals surface area (Å²) in [5, 5.41) is 0. The first-order chi connectivity index (χ1) is 9.75. The number of benzene rings is 1. The van der Waals surface area contributed by atoms with Gasteiger partial charge in [-0.15, -0.1) is 0 Å². The van der Waals surface area contributed by atoms with E-state index in [0.717, 1.165) is 24.3 Å². The van der Waals surface area contributed by atoms with Crippen molar-refractivity contribution in [2.75, 3.05) is 19.7 Å². The quantitative estimate of drug-likeness (QED) is 0.827. The number of ether oxygens (including phenoxy) is 1. The Morgan fingerprint density at radius 2 is 1.80 bits per heavy atom. The highest BCUT2D eigenvalue weighted by molar-refractivity contribution is 5.39. The van der Waals surface area contributed by atoms with Crippen molar-refractivity contribution in [3.05, 3.63) is 29.3 Å². The van der Waals surface area contributed by atoms with E-state index in [1.807, 2.05) is 0 Å². The third-order valence-corrected chi connectivity index (χ3v) is 5.08. The van der Waals surface area contributed by atoms with Gasteiger partial charge in [-0.2, -0.15) is 0 Å². The highest BCUT2D eigenvalue weighted by Gasteiger charge is 2.33. The van der Waals surface area contributed by atoms with Gasteiger partial charge in [-0.1, -0.05) is 24.6 Å².